The van der Waals surface area contributed by atoms with Crippen molar-refractivity contribution in [3.63, 3.8) is 0 Å². The largest absolute Gasteiger partial charge is 0.508 e. The summed E-state index contributed by atoms with van der Waals surface area (Å²) in [6.07, 6.45) is 0.202. The molecule has 1 saturated heterocycles. The smallest absolute Gasteiger partial charge is 0.221 e. The first-order chi connectivity index (χ1) is 13.9. The van der Waals surface area contributed by atoms with Gasteiger partial charge in [0.2, 0.25) is 5.91 Å². The molecule has 8 heteroatoms. The van der Waals surface area contributed by atoms with Crippen molar-refractivity contribution in [2.45, 2.75) is 25.6 Å². The van der Waals surface area contributed by atoms with Gasteiger partial charge in [-0.25, -0.2) is 0 Å². The van der Waals surface area contributed by atoms with E-state index in [1.54, 1.807) is 18.2 Å². The standard InChI is InChI=1S/C21H25ClN2O5/c1-14(25)23-20-7-4-16(26)10-21(20)28-13-17(27)11-24-9-8-19(12-24)29-18-5-2-15(22)3-6-18/h2-7,10,17,19,26-27H,8-9,11-13H2,1H3,(H,23,25)/t17-,19-/m0/s1. The SMILES string of the molecule is CC(=O)Nc1ccc(O)cc1OC[C@@H](O)CN1CC[C@H](Oc2ccc(Cl)cc2)C1. The van der Waals surface area contributed by atoms with E-state index in [-0.39, 0.29) is 24.4 Å². The Morgan fingerprint density at radius 1 is 1.31 bits per heavy atom. The van der Waals surface area contributed by atoms with Gasteiger partial charge in [0.05, 0.1) is 5.69 Å². The zero-order valence-corrected chi connectivity index (χ0v) is 16.9. The summed E-state index contributed by atoms with van der Waals surface area (Å²) >= 11 is 5.89. The summed E-state index contributed by atoms with van der Waals surface area (Å²) in [5.41, 5.74) is 0.445. The maximum atomic E-state index is 11.3. The van der Waals surface area contributed by atoms with E-state index in [0.717, 1.165) is 18.7 Å². The van der Waals surface area contributed by atoms with Crippen LogP contribution < -0.4 is 14.8 Å². The fourth-order valence-corrected chi connectivity index (χ4v) is 3.35. The van der Waals surface area contributed by atoms with Crippen LogP contribution in [0.15, 0.2) is 42.5 Å². The molecule has 2 aromatic carbocycles. The lowest BCUT2D eigenvalue weighted by atomic mass is 10.2. The summed E-state index contributed by atoms with van der Waals surface area (Å²) in [6, 6.07) is 11.7. The third-order valence-corrected chi connectivity index (χ3v) is 4.77. The number of hydrogen-bond donors (Lipinski definition) is 3. The topological polar surface area (TPSA) is 91.3 Å². The minimum absolute atomic E-state index is 0.0188. The van der Waals surface area contributed by atoms with Crippen LogP contribution in [0.4, 0.5) is 5.69 Å². The van der Waals surface area contributed by atoms with E-state index < -0.39 is 6.10 Å². The van der Waals surface area contributed by atoms with Gasteiger partial charge in [-0.05, 0) is 42.8 Å². The van der Waals surface area contributed by atoms with Crippen molar-refractivity contribution in [1.82, 2.24) is 4.90 Å². The molecule has 0 saturated carbocycles. The Hall–Kier alpha value is -2.48. The number of halogens is 1. The van der Waals surface area contributed by atoms with Crippen molar-refractivity contribution in [1.29, 1.82) is 0 Å². The van der Waals surface area contributed by atoms with Gasteiger partial charge < -0.3 is 25.0 Å². The second-order valence-electron chi connectivity index (χ2n) is 7.07. The lowest BCUT2D eigenvalue weighted by Crippen LogP contribution is -2.35. The molecule has 0 aromatic heterocycles. The van der Waals surface area contributed by atoms with Crippen LogP contribution in [0.2, 0.25) is 5.02 Å². The van der Waals surface area contributed by atoms with Gasteiger partial charge in [-0.2, -0.15) is 0 Å². The summed E-state index contributed by atoms with van der Waals surface area (Å²) in [5, 5.41) is 23.3. The summed E-state index contributed by atoms with van der Waals surface area (Å²) in [6.45, 7) is 3.40. The molecule has 3 rings (SSSR count). The van der Waals surface area contributed by atoms with Gasteiger partial charge in [0, 0.05) is 37.6 Å². The fourth-order valence-electron chi connectivity index (χ4n) is 3.22. The second kappa shape index (κ2) is 9.82. The number of aliphatic hydroxyl groups excluding tert-OH is 1. The molecular weight excluding hydrogens is 396 g/mol. The van der Waals surface area contributed by atoms with Gasteiger partial charge in [0.1, 0.15) is 36.1 Å². The van der Waals surface area contributed by atoms with Crippen LogP contribution in [0.25, 0.3) is 0 Å². The highest BCUT2D eigenvalue weighted by Crippen LogP contribution is 2.29. The van der Waals surface area contributed by atoms with Crippen molar-refractivity contribution in [3.05, 3.63) is 47.5 Å². The minimum atomic E-state index is -0.725. The average molecular weight is 421 g/mol. The number of nitrogens with zero attached hydrogens (tertiary/aromatic N) is 1. The van der Waals surface area contributed by atoms with Crippen LogP contribution in [-0.2, 0) is 4.79 Å². The first-order valence-corrected chi connectivity index (χ1v) is 9.83. The number of β-amino-alcohol motifs (C(OH)–C–C–N with tert-alkyl or cyclic N) is 1. The molecule has 156 valence electrons. The Labute approximate surface area is 174 Å². The number of rotatable bonds is 8. The highest BCUT2D eigenvalue weighted by atomic mass is 35.5. The van der Waals surface area contributed by atoms with Crippen LogP contribution in [0, 0.1) is 0 Å². The molecule has 2 atom stereocenters. The molecule has 0 unspecified atom stereocenters. The van der Waals surface area contributed by atoms with Gasteiger partial charge in [0.25, 0.3) is 0 Å². The van der Waals surface area contributed by atoms with Gasteiger partial charge in [0.15, 0.2) is 0 Å². The van der Waals surface area contributed by atoms with Crippen LogP contribution in [0.3, 0.4) is 0 Å². The van der Waals surface area contributed by atoms with E-state index in [1.807, 2.05) is 12.1 Å². The number of carbonyl (C=O) groups is 1. The first-order valence-electron chi connectivity index (χ1n) is 9.45. The molecule has 29 heavy (non-hydrogen) atoms. The maximum absolute atomic E-state index is 11.3. The summed E-state index contributed by atoms with van der Waals surface area (Å²) in [5.74, 6) is 0.861. The Balaban J connectivity index is 1.46. The number of nitrogens with one attached hydrogen (secondary N) is 1. The van der Waals surface area contributed by atoms with E-state index in [9.17, 15) is 15.0 Å². The minimum Gasteiger partial charge on any atom is -0.508 e. The van der Waals surface area contributed by atoms with Crippen molar-refractivity contribution in [2.24, 2.45) is 0 Å². The lowest BCUT2D eigenvalue weighted by molar-refractivity contribution is -0.114. The molecule has 0 radical (unpaired) electrons. The van der Waals surface area contributed by atoms with Gasteiger partial charge in [-0.1, -0.05) is 11.6 Å². The monoisotopic (exact) mass is 420 g/mol. The number of benzene rings is 2. The molecule has 3 N–H and O–H groups in total. The zero-order chi connectivity index (χ0) is 20.8. The number of phenols is 1. The van der Waals surface area contributed by atoms with Crippen LogP contribution >= 0.6 is 11.6 Å². The van der Waals surface area contributed by atoms with Crippen LogP contribution in [0.1, 0.15) is 13.3 Å². The Morgan fingerprint density at radius 3 is 2.79 bits per heavy atom. The number of aliphatic hydroxyl groups is 1. The maximum Gasteiger partial charge on any atom is 0.221 e. The molecule has 1 heterocycles. The molecule has 2 aromatic rings. The van der Waals surface area contributed by atoms with Crippen molar-refractivity contribution >= 4 is 23.2 Å². The second-order valence-corrected chi connectivity index (χ2v) is 7.50. The number of carbonyl (C=O) groups excluding carboxylic acids is 1. The van der Waals surface area contributed by atoms with E-state index in [4.69, 9.17) is 21.1 Å². The van der Waals surface area contributed by atoms with Crippen molar-refractivity contribution in [2.75, 3.05) is 31.6 Å². The first kappa shape index (κ1) is 21.2. The van der Waals surface area contributed by atoms with Crippen LogP contribution in [0.5, 0.6) is 17.2 Å². The van der Waals surface area contributed by atoms with E-state index in [1.165, 1.54) is 19.1 Å². The highest BCUT2D eigenvalue weighted by Gasteiger charge is 2.26. The molecule has 0 aliphatic carbocycles. The quantitative estimate of drug-likeness (QED) is 0.569. The van der Waals surface area contributed by atoms with E-state index in [2.05, 4.69) is 10.2 Å². The highest BCUT2D eigenvalue weighted by molar-refractivity contribution is 6.30. The molecule has 0 bridgehead atoms. The number of hydrogen-bond acceptors (Lipinski definition) is 6. The van der Waals surface area contributed by atoms with Crippen LogP contribution in [-0.4, -0.2) is 59.5 Å². The third-order valence-electron chi connectivity index (χ3n) is 4.52. The van der Waals surface area contributed by atoms with Crippen molar-refractivity contribution < 1.29 is 24.5 Å². The molecule has 1 amide bonds. The number of amides is 1. The van der Waals surface area contributed by atoms with Crippen molar-refractivity contribution in [3.8, 4) is 17.2 Å². The zero-order valence-electron chi connectivity index (χ0n) is 16.2. The molecule has 0 spiro atoms. The molecule has 1 fully saturated rings. The summed E-state index contributed by atoms with van der Waals surface area (Å²) in [4.78, 5) is 13.4. The third kappa shape index (κ3) is 6.52. The number of likely N-dealkylation sites (tertiary alicyclic amines) is 1. The summed E-state index contributed by atoms with van der Waals surface area (Å²) < 4.78 is 11.6. The molecule has 1 aliphatic heterocycles. The van der Waals surface area contributed by atoms with Gasteiger partial charge in [-0.3, -0.25) is 9.69 Å². The number of phenolic OH excluding ortho intramolecular Hbond substituents is 1. The Kier molecular flexibility index (Phi) is 7.19. The fraction of sp³-hybridized carbons (Fsp3) is 0.381. The number of anilines is 1. The van der Waals surface area contributed by atoms with E-state index in [0.29, 0.717) is 29.5 Å². The number of ether oxygens (including phenoxy) is 2. The lowest BCUT2D eigenvalue weighted by Gasteiger charge is -2.21. The average Bonchev–Trinajstić information content (AvgIpc) is 3.10. The normalized spacial score (nSPS) is 17.7. The van der Waals surface area contributed by atoms with Gasteiger partial charge in [-0.15, -0.1) is 0 Å². The van der Waals surface area contributed by atoms with E-state index >= 15 is 0 Å². The molecular formula is C21H25ClN2O5. The predicted molar refractivity (Wildman–Crippen MR) is 111 cm³/mol. The Bertz CT molecular complexity index is 830. The Morgan fingerprint density at radius 2 is 2.07 bits per heavy atom. The molecule has 7 nitrogen and oxygen atoms in total. The molecule has 1 aliphatic rings. The number of aromatic hydroxyl groups is 1. The van der Waals surface area contributed by atoms with Gasteiger partial charge >= 0.3 is 0 Å². The summed E-state index contributed by atoms with van der Waals surface area (Å²) in [7, 11) is 0. The predicted octanol–water partition coefficient (Wildman–Crippen LogP) is 2.90.